The zero-order valence-electron chi connectivity index (χ0n) is 31.4. The van der Waals surface area contributed by atoms with Crippen LogP contribution in [0.15, 0.2) is 146 Å². The number of benzene rings is 5. The van der Waals surface area contributed by atoms with Crippen LogP contribution in [0.5, 0.6) is 23.0 Å². The van der Waals surface area contributed by atoms with Crippen molar-refractivity contribution in [3.05, 3.63) is 168 Å². The van der Waals surface area contributed by atoms with Gasteiger partial charge in [-0.05, 0) is 130 Å². The van der Waals surface area contributed by atoms with Crippen molar-refractivity contribution in [3.8, 4) is 46.0 Å². The minimum absolute atomic E-state index is 0.565. The van der Waals surface area contributed by atoms with Gasteiger partial charge in [-0.1, -0.05) is 23.3 Å². The van der Waals surface area contributed by atoms with E-state index >= 15 is 0 Å². The Morgan fingerprint density at radius 1 is 0.375 bits per heavy atom. The molecular weight excluding hydrogens is 693 g/mol. The standard InChI is InChI=1S/C48H36N6O2/c1-29-6-12-42-40(20-29)38-10-8-34(27-44(38)53(42)46-22-31(3)14-18-49-46)55-36-24-33(48-51-16-5-17-52-48)25-37(26-36)56-35-9-11-39-41-21-30(2)7-13-43(41)54(45(39)28-35)47-23-32(4)15-19-50-47/h5-28H,1-4H3. The maximum atomic E-state index is 6.69. The lowest BCUT2D eigenvalue weighted by atomic mass is 10.1. The van der Waals surface area contributed by atoms with Crippen molar-refractivity contribution in [3.63, 3.8) is 0 Å². The Hall–Kier alpha value is -7.32. The summed E-state index contributed by atoms with van der Waals surface area (Å²) < 4.78 is 17.8. The van der Waals surface area contributed by atoms with E-state index in [1.54, 1.807) is 18.5 Å². The Balaban J connectivity index is 1.08. The lowest BCUT2D eigenvalue weighted by Crippen LogP contribution is -1.98. The molecule has 8 nitrogen and oxygen atoms in total. The largest absolute Gasteiger partial charge is 0.457 e. The van der Waals surface area contributed by atoms with Crippen LogP contribution < -0.4 is 9.47 Å². The van der Waals surface area contributed by atoms with Crippen molar-refractivity contribution in [1.29, 1.82) is 0 Å². The van der Waals surface area contributed by atoms with Crippen LogP contribution in [0.1, 0.15) is 22.3 Å². The molecule has 5 aromatic heterocycles. The van der Waals surface area contributed by atoms with Crippen LogP contribution in [0, 0.1) is 27.7 Å². The number of ether oxygens (including phenoxy) is 2. The van der Waals surface area contributed by atoms with Gasteiger partial charge in [0.15, 0.2) is 5.82 Å². The SMILES string of the molecule is Cc1ccnc(-n2c3ccc(C)cc3c3ccc(Oc4cc(Oc5ccc6c7cc(C)ccc7n(-c7cc(C)ccn7)c6c5)cc(-c5ncccn5)c4)cc32)c1. The molecule has 0 aliphatic heterocycles. The third-order valence-corrected chi connectivity index (χ3v) is 10.2. The zero-order chi connectivity index (χ0) is 37.9. The van der Waals surface area contributed by atoms with Crippen molar-refractivity contribution in [2.24, 2.45) is 0 Å². The fourth-order valence-electron chi connectivity index (χ4n) is 7.67. The predicted molar refractivity (Wildman–Crippen MR) is 224 cm³/mol. The molecule has 0 aliphatic rings. The average Bonchev–Trinajstić information content (AvgIpc) is 3.69. The summed E-state index contributed by atoms with van der Waals surface area (Å²) in [6.45, 7) is 8.41. The molecular formula is C48H36N6O2. The predicted octanol–water partition coefficient (Wildman–Crippen LogP) is 11.9. The first kappa shape index (κ1) is 33.3. The summed E-state index contributed by atoms with van der Waals surface area (Å²) in [5.74, 6) is 4.81. The number of nitrogens with zero attached hydrogens (tertiary/aromatic N) is 6. The summed E-state index contributed by atoms with van der Waals surface area (Å²) in [4.78, 5) is 18.6. The van der Waals surface area contributed by atoms with Crippen LogP contribution in [-0.2, 0) is 0 Å². The number of pyridine rings is 2. The Morgan fingerprint density at radius 3 is 1.34 bits per heavy atom. The number of fused-ring (bicyclic) bond motifs is 6. The van der Waals surface area contributed by atoms with Crippen LogP contribution in [0.2, 0.25) is 0 Å². The summed E-state index contributed by atoms with van der Waals surface area (Å²) in [5.41, 5.74) is 9.62. The first-order chi connectivity index (χ1) is 27.3. The van der Waals surface area contributed by atoms with Crippen molar-refractivity contribution in [2.45, 2.75) is 27.7 Å². The van der Waals surface area contributed by atoms with E-state index in [1.165, 1.54) is 11.1 Å². The van der Waals surface area contributed by atoms with Gasteiger partial charge < -0.3 is 9.47 Å². The van der Waals surface area contributed by atoms with Gasteiger partial charge in [0.05, 0.1) is 22.1 Å². The third-order valence-electron chi connectivity index (χ3n) is 10.2. The molecule has 10 aromatic rings. The van der Waals surface area contributed by atoms with Gasteiger partial charge in [0.2, 0.25) is 0 Å². The lowest BCUT2D eigenvalue weighted by molar-refractivity contribution is 0.461. The van der Waals surface area contributed by atoms with E-state index in [2.05, 4.69) is 120 Å². The van der Waals surface area contributed by atoms with Gasteiger partial charge in [0, 0.05) is 70.1 Å². The molecule has 56 heavy (non-hydrogen) atoms. The Kier molecular flexibility index (Phi) is 7.85. The number of rotatable bonds is 7. The van der Waals surface area contributed by atoms with E-state index in [9.17, 15) is 0 Å². The molecule has 0 atom stereocenters. The van der Waals surface area contributed by atoms with Crippen LogP contribution in [0.25, 0.3) is 66.6 Å². The molecule has 0 aliphatic carbocycles. The molecule has 0 unspecified atom stereocenters. The maximum Gasteiger partial charge on any atom is 0.159 e. The van der Waals surface area contributed by atoms with E-state index in [0.717, 1.165) is 71.9 Å². The number of aromatic nitrogens is 6. The molecule has 10 rings (SSSR count). The van der Waals surface area contributed by atoms with Crippen LogP contribution in [0.4, 0.5) is 0 Å². The molecule has 0 radical (unpaired) electrons. The summed E-state index contributed by atoms with van der Waals surface area (Å²) in [6, 6.07) is 41.3. The number of hydrogen-bond donors (Lipinski definition) is 0. The lowest BCUT2D eigenvalue weighted by Gasteiger charge is -2.13. The van der Waals surface area contributed by atoms with Crippen molar-refractivity contribution in [1.82, 2.24) is 29.1 Å². The van der Waals surface area contributed by atoms with E-state index < -0.39 is 0 Å². The molecule has 5 aromatic carbocycles. The molecule has 0 spiro atoms. The third kappa shape index (κ3) is 5.88. The zero-order valence-corrected chi connectivity index (χ0v) is 31.4. The molecule has 8 heteroatoms. The monoisotopic (exact) mass is 728 g/mol. The molecule has 5 heterocycles. The second kappa shape index (κ2) is 13.2. The Bertz CT molecular complexity index is 2960. The molecule has 0 fully saturated rings. The smallest absolute Gasteiger partial charge is 0.159 e. The highest BCUT2D eigenvalue weighted by Crippen LogP contribution is 2.39. The minimum Gasteiger partial charge on any atom is -0.457 e. The topological polar surface area (TPSA) is 79.9 Å². The second-order valence-corrected chi connectivity index (χ2v) is 14.4. The molecule has 0 saturated heterocycles. The second-order valence-electron chi connectivity index (χ2n) is 14.4. The minimum atomic E-state index is 0.565. The molecule has 0 bridgehead atoms. The highest BCUT2D eigenvalue weighted by atomic mass is 16.5. The molecule has 0 N–H and O–H groups in total. The molecule has 0 amide bonds. The fraction of sp³-hybridized carbons (Fsp3) is 0.0833. The van der Waals surface area contributed by atoms with Crippen molar-refractivity contribution < 1.29 is 9.47 Å². The van der Waals surface area contributed by atoms with Gasteiger partial charge in [0.25, 0.3) is 0 Å². The van der Waals surface area contributed by atoms with Crippen LogP contribution in [-0.4, -0.2) is 29.1 Å². The summed E-state index contributed by atoms with van der Waals surface area (Å²) in [7, 11) is 0. The van der Waals surface area contributed by atoms with E-state index in [-0.39, 0.29) is 0 Å². The first-order valence-electron chi connectivity index (χ1n) is 18.6. The van der Waals surface area contributed by atoms with Crippen molar-refractivity contribution in [2.75, 3.05) is 0 Å². The first-order valence-corrected chi connectivity index (χ1v) is 18.6. The van der Waals surface area contributed by atoms with Crippen molar-refractivity contribution >= 4 is 43.6 Å². The quantitative estimate of drug-likeness (QED) is 0.163. The highest BCUT2D eigenvalue weighted by molar-refractivity contribution is 6.10. The van der Waals surface area contributed by atoms with Gasteiger partial charge in [0.1, 0.15) is 34.6 Å². The Morgan fingerprint density at radius 2 is 0.857 bits per heavy atom. The fourth-order valence-corrected chi connectivity index (χ4v) is 7.67. The van der Waals surface area contributed by atoms with E-state index in [0.29, 0.717) is 28.8 Å². The molecule has 270 valence electrons. The number of aryl methyl sites for hydroxylation is 4. The van der Waals surface area contributed by atoms with Gasteiger partial charge in [-0.15, -0.1) is 0 Å². The highest BCUT2D eigenvalue weighted by Gasteiger charge is 2.18. The normalized spacial score (nSPS) is 11.6. The number of hydrogen-bond acceptors (Lipinski definition) is 6. The van der Waals surface area contributed by atoms with E-state index in [4.69, 9.17) is 19.4 Å². The van der Waals surface area contributed by atoms with Crippen LogP contribution in [0.3, 0.4) is 0 Å². The summed E-state index contributed by atoms with van der Waals surface area (Å²) in [6.07, 6.45) is 7.18. The van der Waals surface area contributed by atoms with Gasteiger partial charge >= 0.3 is 0 Å². The summed E-state index contributed by atoms with van der Waals surface area (Å²) in [5, 5.41) is 4.58. The maximum absolute atomic E-state index is 6.69. The Labute approximate surface area is 323 Å². The van der Waals surface area contributed by atoms with Gasteiger partial charge in [-0.3, -0.25) is 9.13 Å². The average molecular weight is 729 g/mol. The van der Waals surface area contributed by atoms with E-state index in [1.807, 2.05) is 54.9 Å². The van der Waals surface area contributed by atoms with Gasteiger partial charge in [-0.2, -0.15) is 0 Å². The summed E-state index contributed by atoms with van der Waals surface area (Å²) >= 11 is 0. The van der Waals surface area contributed by atoms with Gasteiger partial charge in [-0.25, -0.2) is 19.9 Å². The van der Waals surface area contributed by atoms with Crippen LogP contribution >= 0.6 is 0 Å². The molecule has 0 saturated carbocycles.